The van der Waals surface area contributed by atoms with Crippen molar-refractivity contribution in [2.75, 3.05) is 52.4 Å². The van der Waals surface area contributed by atoms with Gasteiger partial charge in [-0.05, 0) is 35.2 Å². The topological polar surface area (TPSA) is 34.2 Å². The molecule has 0 unspecified atom stereocenters. The van der Waals surface area contributed by atoms with Crippen LogP contribution in [-0.4, -0.2) is 52.4 Å². The predicted octanol–water partition coefficient (Wildman–Crippen LogP) is 3.10. The lowest BCUT2D eigenvalue weighted by molar-refractivity contribution is 0.249. The van der Waals surface area contributed by atoms with E-state index in [0.29, 0.717) is 17.2 Å². The van der Waals surface area contributed by atoms with E-state index in [4.69, 9.17) is 14.2 Å². The summed E-state index contributed by atoms with van der Waals surface area (Å²) in [5.41, 5.74) is 1.18. The molecule has 0 saturated carbocycles. The van der Waals surface area contributed by atoms with Crippen molar-refractivity contribution in [2.45, 2.75) is 6.54 Å². The molecule has 1 aromatic heterocycles. The maximum absolute atomic E-state index is 5.44. The summed E-state index contributed by atoms with van der Waals surface area (Å²) in [6.45, 7) is 5.11. The zero-order valence-electron chi connectivity index (χ0n) is 14.4. The van der Waals surface area contributed by atoms with Crippen LogP contribution in [0.15, 0.2) is 29.6 Å². The van der Waals surface area contributed by atoms with Crippen LogP contribution < -0.4 is 19.1 Å². The molecule has 2 heterocycles. The maximum atomic E-state index is 5.44. The van der Waals surface area contributed by atoms with Gasteiger partial charge >= 0.3 is 0 Å². The summed E-state index contributed by atoms with van der Waals surface area (Å²) in [4.78, 5) is 4.92. The van der Waals surface area contributed by atoms with Gasteiger partial charge in [-0.1, -0.05) is 0 Å². The van der Waals surface area contributed by atoms with Crippen molar-refractivity contribution in [3.05, 3.63) is 35.2 Å². The van der Waals surface area contributed by atoms with Crippen LogP contribution in [-0.2, 0) is 6.54 Å². The standard InChI is InChI=1S/C18H24N2O3S/c1-21-15-11-14(12-16(22-2)18(15)23-3)13-19-6-8-20(9-7-19)17-5-4-10-24-17/h4-5,10-12H,6-9,13H2,1-3H3. The van der Waals surface area contributed by atoms with Gasteiger partial charge in [-0.15, -0.1) is 11.3 Å². The third kappa shape index (κ3) is 3.60. The van der Waals surface area contributed by atoms with Crippen molar-refractivity contribution < 1.29 is 14.2 Å². The van der Waals surface area contributed by atoms with Crippen molar-refractivity contribution in [1.29, 1.82) is 0 Å². The highest BCUT2D eigenvalue weighted by atomic mass is 32.1. The molecular formula is C18H24N2O3S. The molecule has 6 heteroatoms. The summed E-state index contributed by atoms with van der Waals surface area (Å²) in [6, 6.07) is 8.38. The minimum Gasteiger partial charge on any atom is -0.493 e. The Balaban J connectivity index is 1.66. The quantitative estimate of drug-likeness (QED) is 0.801. The number of ether oxygens (including phenoxy) is 3. The summed E-state index contributed by atoms with van der Waals surface area (Å²) >= 11 is 1.81. The molecule has 1 aliphatic heterocycles. The van der Waals surface area contributed by atoms with Crippen LogP contribution in [0.4, 0.5) is 5.00 Å². The minimum absolute atomic E-state index is 0.645. The van der Waals surface area contributed by atoms with Gasteiger partial charge in [0.2, 0.25) is 5.75 Å². The average Bonchev–Trinajstić information content (AvgIpc) is 3.16. The smallest absolute Gasteiger partial charge is 0.203 e. The first-order chi connectivity index (χ1) is 11.7. The second-order valence-electron chi connectivity index (χ2n) is 5.75. The van der Waals surface area contributed by atoms with Gasteiger partial charge in [-0.25, -0.2) is 0 Å². The summed E-state index contributed by atoms with van der Waals surface area (Å²) in [5, 5.41) is 3.50. The summed E-state index contributed by atoms with van der Waals surface area (Å²) in [6.07, 6.45) is 0. The molecule has 130 valence electrons. The molecule has 1 fully saturated rings. The fourth-order valence-corrected chi connectivity index (χ4v) is 3.85. The van der Waals surface area contributed by atoms with E-state index in [1.54, 1.807) is 21.3 Å². The monoisotopic (exact) mass is 348 g/mol. The lowest BCUT2D eigenvalue weighted by atomic mass is 10.1. The Labute approximate surface area is 147 Å². The van der Waals surface area contributed by atoms with E-state index in [1.165, 1.54) is 10.6 Å². The molecule has 0 atom stereocenters. The van der Waals surface area contributed by atoms with Crippen LogP contribution in [0.25, 0.3) is 0 Å². The number of rotatable bonds is 6. The molecule has 0 aliphatic carbocycles. The highest BCUT2D eigenvalue weighted by molar-refractivity contribution is 7.14. The highest BCUT2D eigenvalue weighted by Gasteiger charge is 2.19. The fourth-order valence-electron chi connectivity index (χ4n) is 3.06. The number of piperazine rings is 1. The third-order valence-electron chi connectivity index (χ3n) is 4.32. The SMILES string of the molecule is COc1cc(CN2CCN(c3cccs3)CC2)cc(OC)c1OC. The number of hydrogen-bond acceptors (Lipinski definition) is 6. The second kappa shape index (κ2) is 7.77. The van der Waals surface area contributed by atoms with Gasteiger partial charge in [-0.3, -0.25) is 4.90 Å². The van der Waals surface area contributed by atoms with Gasteiger partial charge in [0.1, 0.15) is 0 Å². The zero-order valence-corrected chi connectivity index (χ0v) is 15.3. The van der Waals surface area contributed by atoms with Crippen molar-refractivity contribution >= 4 is 16.3 Å². The Morgan fingerprint density at radius 1 is 0.958 bits per heavy atom. The second-order valence-corrected chi connectivity index (χ2v) is 6.67. The van der Waals surface area contributed by atoms with E-state index in [9.17, 15) is 0 Å². The molecule has 0 amide bonds. The van der Waals surface area contributed by atoms with Gasteiger partial charge in [0.25, 0.3) is 0 Å². The van der Waals surface area contributed by atoms with Crippen LogP contribution in [0.3, 0.4) is 0 Å². The normalized spacial score (nSPS) is 15.4. The fraction of sp³-hybridized carbons (Fsp3) is 0.444. The van der Waals surface area contributed by atoms with Gasteiger partial charge in [0, 0.05) is 32.7 Å². The van der Waals surface area contributed by atoms with Crippen molar-refractivity contribution in [3.63, 3.8) is 0 Å². The lowest BCUT2D eigenvalue weighted by Gasteiger charge is -2.35. The largest absolute Gasteiger partial charge is 0.493 e. The van der Waals surface area contributed by atoms with Crippen LogP contribution in [0.2, 0.25) is 0 Å². The third-order valence-corrected chi connectivity index (χ3v) is 5.25. The molecule has 24 heavy (non-hydrogen) atoms. The van der Waals surface area contributed by atoms with Crippen LogP contribution in [0.1, 0.15) is 5.56 Å². The van der Waals surface area contributed by atoms with Crippen LogP contribution in [0, 0.1) is 0 Å². The molecule has 0 spiro atoms. The minimum atomic E-state index is 0.645. The first kappa shape index (κ1) is 16.9. The van der Waals surface area contributed by atoms with Gasteiger partial charge in [-0.2, -0.15) is 0 Å². The first-order valence-corrected chi connectivity index (χ1v) is 8.92. The Morgan fingerprint density at radius 2 is 1.62 bits per heavy atom. The van der Waals surface area contributed by atoms with Gasteiger partial charge in [0.15, 0.2) is 11.5 Å². The van der Waals surface area contributed by atoms with E-state index in [1.807, 2.05) is 23.5 Å². The van der Waals surface area contributed by atoms with Crippen LogP contribution >= 0.6 is 11.3 Å². The van der Waals surface area contributed by atoms with E-state index in [2.05, 4.69) is 27.3 Å². The van der Waals surface area contributed by atoms with E-state index in [-0.39, 0.29) is 0 Å². The van der Waals surface area contributed by atoms with Gasteiger partial charge in [0.05, 0.1) is 26.3 Å². The number of nitrogens with zero attached hydrogens (tertiary/aromatic N) is 2. The molecule has 1 saturated heterocycles. The van der Waals surface area contributed by atoms with Crippen LogP contribution in [0.5, 0.6) is 17.2 Å². The molecule has 0 radical (unpaired) electrons. The summed E-state index contributed by atoms with van der Waals surface area (Å²) < 4.78 is 16.3. The Morgan fingerprint density at radius 3 is 2.12 bits per heavy atom. The molecule has 1 aliphatic rings. The lowest BCUT2D eigenvalue weighted by Crippen LogP contribution is -2.45. The average molecular weight is 348 g/mol. The van der Waals surface area contributed by atoms with Crippen molar-refractivity contribution in [3.8, 4) is 17.2 Å². The first-order valence-electron chi connectivity index (χ1n) is 8.05. The molecule has 1 aromatic carbocycles. The molecule has 3 rings (SSSR count). The number of anilines is 1. The number of hydrogen-bond donors (Lipinski definition) is 0. The summed E-state index contributed by atoms with van der Waals surface area (Å²) in [7, 11) is 4.94. The molecule has 0 bridgehead atoms. The van der Waals surface area contributed by atoms with E-state index in [0.717, 1.165) is 32.7 Å². The molecule has 0 N–H and O–H groups in total. The van der Waals surface area contributed by atoms with E-state index < -0.39 is 0 Å². The Hall–Kier alpha value is -1.92. The predicted molar refractivity (Wildman–Crippen MR) is 97.9 cm³/mol. The highest BCUT2D eigenvalue weighted by Crippen LogP contribution is 2.38. The van der Waals surface area contributed by atoms with Crippen molar-refractivity contribution in [2.24, 2.45) is 0 Å². The van der Waals surface area contributed by atoms with Crippen molar-refractivity contribution in [1.82, 2.24) is 4.90 Å². The van der Waals surface area contributed by atoms with E-state index >= 15 is 0 Å². The Bertz CT molecular complexity index is 627. The van der Waals surface area contributed by atoms with Gasteiger partial charge < -0.3 is 19.1 Å². The number of benzene rings is 1. The molecule has 2 aromatic rings. The summed E-state index contributed by atoms with van der Waals surface area (Å²) in [5.74, 6) is 2.07. The Kier molecular flexibility index (Phi) is 5.48. The number of thiophene rings is 1. The number of methoxy groups -OCH3 is 3. The molecular weight excluding hydrogens is 324 g/mol. The maximum Gasteiger partial charge on any atom is 0.203 e. The molecule has 5 nitrogen and oxygen atoms in total. The zero-order chi connectivity index (χ0) is 16.9.